The molecule has 3 N–H and O–H groups in total. The largest absolute Gasteiger partial charge is 0.439 e. The Bertz CT molecular complexity index is 663. The van der Waals surface area contributed by atoms with Crippen LogP contribution < -0.4 is 10.6 Å². The average molecular weight is 329 g/mol. The van der Waals surface area contributed by atoms with Crippen molar-refractivity contribution < 1.29 is 14.3 Å². The predicted molar refractivity (Wildman–Crippen MR) is 90.2 cm³/mol. The van der Waals surface area contributed by atoms with Crippen LogP contribution in [-0.2, 0) is 6.54 Å². The van der Waals surface area contributed by atoms with Crippen LogP contribution in [0.1, 0.15) is 38.0 Å². The number of hydrogen-bond acceptors (Lipinski definition) is 4. The molecule has 1 saturated carbocycles. The Morgan fingerprint density at radius 3 is 2.67 bits per heavy atom. The van der Waals surface area contributed by atoms with Crippen LogP contribution >= 0.6 is 0 Å². The summed E-state index contributed by atoms with van der Waals surface area (Å²) in [5, 5.41) is 15.8. The second-order valence-electron chi connectivity index (χ2n) is 6.31. The number of nitrogens with zero attached hydrogens (tertiary/aromatic N) is 1. The molecule has 3 rings (SSSR count). The van der Waals surface area contributed by atoms with E-state index in [-0.39, 0.29) is 19.1 Å². The van der Waals surface area contributed by atoms with E-state index in [1.165, 1.54) is 0 Å². The van der Waals surface area contributed by atoms with Crippen molar-refractivity contribution in [1.29, 1.82) is 0 Å². The van der Waals surface area contributed by atoms with Crippen molar-refractivity contribution in [1.82, 2.24) is 15.6 Å². The number of hydrogen-bond donors (Lipinski definition) is 3. The number of carbonyl (C=O) groups is 1. The molecule has 2 aromatic rings. The minimum absolute atomic E-state index is 0.205. The highest BCUT2D eigenvalue weighted by atomic mass is 16.4. The fourth-order valence-electron chi connectivity index (χ4n) is 2.98. The molecule has 0 saturated heterocycles. The van der Waals surface area contributed by atoms with Gasteiger partial charge >= 0.3 is 6.03 Å². The van der Waals surface area contributed by atoms with Gasteiger partial charge < -0.3 is 20.2 Å². The predicted octanol–water partition coefficient (Wildman–Crippen LogP) is 2.84. The maximum atomic E-state index is 11.9. The number of aromatic nitrogens is 1. The van der Waals surface area contributed by atoms with Gasteiger partial charge in [-0.2, -0.15) is 0 Å². The van der Waals surface area contributed by atoms with Crippen molar-refractivity contribution in [2.75, 3.05) is 6.54 Å². The minimum atomic E-state index is -0.765. The van der Waals surface area contributed by atoms with E-state index in [0.29, 0.717) is 11.7 Å². The summed E-state index contributed by atoms with van der Waals surface area (Å²) in [4.78, 5) is 16.0. The van der Waals surface area contributed by atoms with Gasteiger partial charge in [0.15, 0.2) is 5.76 Å². The summed E-state index contributed by atoms with van der Waals surface area (Å²) in [5.41, 5.74) is 0.180. The number of urea groups is 1. The van der Waals surface area contributed by atoms with Crippen LogP contribution in [0.4, 0.5) is 4.79 Å². The summed E-state index contributed by atoms with van der Waals surface area (Å²) in [5.74, 6) is 1.12. The monoisotopic (exact) mass is 329 g/mol. The van der Waals surface area contributed by atoms with Gasteiger partial charge in [0, 0.05) is 12.1 Å². The summed E-state index contributed by atoms with van der Waals surface area (Å²) < 4.78 is 5.63. The molecular weight excluding hydrogens is 306 g/mol. The normalized spacial score (nSPS) is 16.5. The van der Waals surface area contributed by atoms with E-state index >= 15 is 0 Å². The summed E-state index contributed by atoms with van der Waals surface area (Å²) in [6.45, 7) is 0.483. The second-order valence-corrected chi connectivity index (χ2v) is 6.31. The van der Waals surface area contributed by atoms with Crippen molar-refractivity contribution in [3.05, 3.63) is 42.4 Å². The molecule has 6 heteroatoms. The molecule has 0 aliphatic heterocycles. The number of rotatable bonds is 5. The Hall–Kier alpha value is -2.34. The highest BCUT2D eigenvalue weighted by Crippen LogP contribution is 2.27. The zero-order valence-electron chi connectivity index (χ0n) is 13.6. The van der Waals surface area contributed by atoms with Gasteiger partial charge in [0.05, 0.1) is 18.3 Å². The lowest BCUT2D eigenvalue weighted by atomic mass is 9.85. The Balaban J connectivity index is 1.46. The van der Waals surface area contributed by atoms with Crippen molar-refractivity contribution in [2.24, 2.45) is 0 Å². The molecule has 0 unspecified atom stereocenters. The van der Waals surface area contributed by atoms with Crippen LogP contribution in [-0.4, -0.2) is 28.3 Å². The molecule has 1 aliphatic carbocycles. The molecule has 0 atom stereocenters. The van der Waals surface area contributed by atoms with Gasteiger partial charge in [-0.3, -0.25) is 0 Å². The fraction of sp³-hybridized carbons (Fsp3) is 0.444. The van der Waals surface area contributed by atoms with Crippen molar-refractivity contribution in [3.8, 4) is 11.3 Å². The van der Waals surface area contributed by atoms with Crippen LogP contribution in [0.15, 0.2) is 40.9 Å². The van der Waals surface area contributed by atoms with E-state index < -0.39 is 5.60 Å². The first-order chi connectivity index (χ1) is 11.6. The first-order valence-electron chi connectivity index (χ1n) is 8.39. The number of benzene rings is 1. The summed E-state index contributed by atoms with van der Waals surface area (Å²) in [7, 11) is 0. The number of carbonyl (C=O) groups excluding carboxylic acids is 1. The van der Waals surface area contributed by atoms with E-state index in [9.17, 15) is 9.90 Å². The highest BCUT2D eigenvalue weighted by molar-refractivity contribution is 5.73. The van der Waals surface area contributed by atoms with Crippen LogP contribution in [0.5, 0.6) is 0 Å². The summed E-state index contributed by atoms with van der Waals surface area (Å²) in [6.07, 6.45) is 6.31. The lowest BCUT2D eigenvalue weighted by molar-refractivity contribution is 0.00718. The van der Waals surface area contributed by atoms with E-state index in [4.69, 9.17) is 4.42 Å². The Kier molecular flexibility index (Phi) is 5.15. The molecule has 0 radical (unpaired) electrons. The van der Waals surface area contributed by atoms with E-state index in [1.54, 1.807) is 6.20 Å². The van der Waals surface area contributed by atoms with Crippen molar-refractivity contribution in [2.45, 2.75) is 44.2 Å². The van der Waals surface area contributed by atoms with E-state index in [0.717, 1.165) is 37.7 Å². The van der Waals surface area contributed by atoms with Gasteiger partial charge in [-0.25, -0.2) is 9.78 Å². The lowest BCUT2D eigenvalue weighted by Crippen LogP contribution is -2.47. The van der Waals surface area contributed by atoms with Gasteiger partial charge in [0.2, 0.25) is 5.89 Å². The van der Waals surface area contributed by atoms with Gasteiger partial charge in [-0.1, -0.05) is 49.6 Å². The smallest absolute Gasteiger partial charge is 0.315 e. The van der Waals surface area contributed by atoms with Gasteiger partial charge in [-0.15, -0.1) is 0 Å². The summed E-state index contributed by atoms with van der Waals surface area (Å²) >= 11 is 0. The molecule has 0 spiro atoms. The van der Waals surface area contributed by atoms with E-state index in [2.05, 4.69) is 15.6 Å². The third kappa shape index (κ3) is 4.35. The van der Waals surface area contributed by atoms with Gasteiger partial charge in [0.1, 0.15) is 0 Å². The third-order valence-corrected chi connectivity index (χ3v) is 4.37. The topological polar surface area (TPSA) is 87.4 Å². The molecule has 1 aromatic heterocycles. The van der Waals surface area contributed by atoms with Crippen LogP contribution in [0, 0.1) is 0 Å². The highest BCUT2D eigenvalue weighted by Gasteiger charge is 2.29. The first-order valence-corrected chi connectivity index (χ1v) is 8.39. The average Bonchev–Trinajstić information content (AvgIpc) is 3.09. The molecule has 1 fully saturated rings. The fourth-order valence-corrected chi connectivity index (χ4v) is 2.98. The number of nitrogens with one attached hydrogen (secondary N) is 2. The van der Waals surface area contributed by atoms with Crippen LogP contribution in [0.3, 0.4) is 0 Å². The van der Waals surface area contributed by atoms with Gasteiger partial charge in [0.25, 0.3) is 0 Å². The standard InChI is InChI=1S/C18H23N3O3/c22-17(21-13-18(23)9-5-2-6-10-18)20-12-16-19-11-15(24-16)14-7-3-1-4-8-14/h1,3-4,7-8,11,23H,2,5-6,9-10,12-13H2,(H2,20,21,22). The zero-order valence-corrected chi connectivity index (χ0v) is 13.6. The van der Waals surface area contributed by atoms with Crippen molar-refractivity contribution >= 4 is 6.03 Å². The quantitative estimate of drug-likeness (QED) is 0.787. The third-order valence-electron chi connectivity index (χ3n) is 4.37. The van der Waals surface area contributed by atoms with Crippen LogP contribution in [0.2, 0.25) is 0 Å². The molecule has 128 valence electrons. The molecule has 1 aliphatic rings. The molecule has 6 nitrogen and oxygen atoms in total. The maximum Gasteiger partial charge on any atom is 0.315 e. The molecule has 2 amide bonds. The minimum Gasteiger partial charge on any atom is -0.439 e. The molecular formula is C18H23N3O3. The number of aliphatic hydroxyl groups is 1. The molecule has 0 bridgehead atoms. The maximum absolute atomic E-state index is 11.9. The number of oxazole rings is 1. The molecule has 1 aromatic carbocycles. The van der Waals surface area contributed by atoms with Crippen LogP contribution in [0.25, 0.3) is 11.3 Å². The van der Waals surface area contributed by atoms with Gasteiger partial charge in [-0.05, 0) is 12.8 Å². The zero-order chi connectivity index (χ0) is 16.8. The first kappa shape index (κ1) is 16.5. The molecule has 24 heavy (non-hydrogen) atoms. The van der Waals surface area contributed by atoms with E-state index in [1.807, 2.05) is 30.3 Å². The van der Waals surface area contributed by atoms with Crippen molar-refractivity contribution in [3.63, 3.8) is 0 Å². The Labute approximate surface area is 141 Å². The second kappa shape index (κ2) is 7.49. The Morgan fingerprint density at radius 1 is 1.17 bits per heavy atom. The lowest BCUT2D eigenvalue weighted by Gasteiger charge is -2.32. The SMILES string of the molecule is O=C(NCc1ncc(-c2ccccc2)o1)NCC1(O)CCCCC1. The number of amides is 2. The molecule has 1 heterocycles. The summed E-state index contributed by atoms with van der Waals surface area (Å²) in [6, 6.07) is 9.35. The Morgan fingerprint density at radius 2 is 1.92 bits per heavy atom.